The first kappa shape index (κ1) is 12.8. The Balaban J connectivity index is 2.31. The third-order valence-electron chi connectivity index (χ3n) is 3.46. The lowest BCUT2D eigenvalue weighted by Crippen LogP contribution is -2.45. The molecule has 1 heterocycles. The van der Waals surface area contributed by atoms with E-state index in [4.69, 9.17) is 5.73 Å². The molecule has 2 unspecified atom stereocenters. The smallest absolute Gasteiger partial charge is 0.139 e. The van der Waals surface area contributed by atoms with Gasteiger partial charge < -0.3 is 10.6 Å². The molecule has 0 spiro atoms. The summed E-state index contributed by atoms with van der Waals surface area (Å²) < 4.78 is 14.1. The molecular formula is C13H18BrFN2. The molecule has 1 aliphatic rings. The van der Waals surface area contributed by atoms with Gasteiger partial charge in [0.05, 0.1) is 4.47 Å². The minimum atomic E-state index is -0.201. The Morgan fingerprint density at radius 1 is 1.47 bits per heavy atom. The highest BCUT2D eigenvalue weighted by Gasteiger charge is 2.24. The quantitative estimate of drug-likeness (QED) is 0.863. The summed E-state index contributed by atoms with van der Waals surface area (Å²) in [5.41, 5.74) is 8.04. The van der Waals surface area contributed by atoms with Crippen molar-refractivity contribution in [2.45, 2.75) is 38.8 Å². The topological polar surface area (TPSA) is 29.3 Å². The van der Waals surface area contributed by atoms with Gasteiger partial charge in [0.1, 0.15) is 5.82 Å². The molecule has 4 heteroatoms. The first-order chi connectivity index (χ1) is 7.99. The van der Waals surface area contributed by atoms with E-state index in [9.17, 15) is 4.39 Å². The summed E-state index contributed by atoms with van der Waals surface area (Å²) in [5, 5.41) is 0. The van der Waals surface area contributed by atoms with Crippen LogP contribution in [0.2, 0.25) is 0 Å². The summed E-state index contributed by atoms with van der Waals surface area (Å²) >= 11 is 3.22. The molecule has 17 heavy (non-hydrogen) atoms. The zero-order valence-corrected chi connectivity index (χ0v) is 11.8. The predicted molar refractivity (Wildman–Crippen MR) is 72.9 cm³/mol. The lowest BCUT2D eigenvalue weighted by atomic mass is 9.97. The van der Waals surface area contributed by atoms with E-state index in [1.54, 1.807) is 6.07 Å². The van der Waals surface area contributed by atoms with Crippen LogP contribution in [0.5, 0.6) is 0 Å². The first-order valence-electron chi connectivity index (χ1n) is 5.97. The second-order valence-electron chi connectivity index (χ2n) is 4.88. The van der Waals surface area contributed by atoms with Gasteiger partial charge in [0, 0.05) is 24.3 Å². The first-order valence-corrected chi connectivity index (χ1v) is 6.76. The van der Waals surface area contributed by atoms with Crippen LogP contribution in [0.25, 0.3) is 0 Å². The molecule has 2 nitrogen and oxygen atoms in total. The van der Waals surface area contributed by atoms with Crippen LogP contribution in [0.15, 0.2) is 16.6 Å². The van der Waals surface area contributed by atoms with Crippen molar-refractivity contribution in [1.82, 2.24) is 0 Å². The lowest BCUT2D eigenvalue weighted by molar-refractivity contribution is 0.428. The van der Waals surface area contributed by atoms with Crippen LogP contribution in [-0.4, -0.2) is 18.6 Å². The maximum absolute atomic E-state index is 13.6. The summed E-state index contributed by atoms with van der Waals surface area (Å²) in [7, 11) is 0. The molecule has 0 radical (unpaired) electrons. The molecule has 2 N–H and O–H groups in total. The largest absolute Gasteiger partial charge is 0.368 e. The third-order valence-corrected chi connectivity index (χ3v) is 4.07. The van der Waals surface area contributed by atoms with Crippen LogP contribution in [0.3, 0.4) is 0 Å². The maximum Gasteiger partial charge on any atom is 0.139 e. The van der Waals surface area contributed by atoms with E-state index in [0.717, 1.165) is 30.6 Å². The van der Waals surface area contributed by atoms with Gasteiger partial charge in [0.2, 0.25) is 0 Å². The van der Waals surface area contributed by atoms with Gasteiger partial charge in [0.15, 0.2) is 0 Å². The van der Waals surface area contributed by atoms with Crippen molar-refractivity contribution in [1.29, 1.82) is 0 Å². The fraction of sp³-hybridized carbons (Fsp3) is 0.538. The van der Waals surface area contributed by atoms with Crippen molar-refractivity contribution in [2.75, 3.05) is 11.4 Å². The Morgan fingerprint density at radius 3 is 2.82 bits per heavy atom. The van der Waals surface area contributed by atoms with E-state index >= 15 is 0 Å². The van der Waals surface area contributed by atoms with Crippen LogP contribution in [-0.2, 0) is 0 Å². The third kappa shape index (κ3) is 2.63. The van der Waals surface area contributed by atoms with Crippen molar-refractivity contribution >= 4 is 21.6 Å². The predicted octanol–water partition coefficient (Wildman–Crippen LogP) is 3.21. The van der Waals surface area contributed by atoms with Gasteiger partial charge >= 0.3 is 0 Å². The Morgan fingerprint density at radius 2 is 2.18 bits per heavy atom. The molecular weight excluding hydrogens is 283 g/mol. The summed E-state index contributed by atoms with van der Waals surface area (Å²) in [6.07, 6.45) is 1.94. The molecule has 0 saturated carbocycles. The molecule has 0 bridgehead atoms. The zero-order valence-electron chi connectivity index (χ0n) is 10.2. The van der Waals surface area contributed by atoms with Crippen LogP contribution in [0.1, 0.15) is 25.3 Å². The summed E-state index contributed by atoms with van der Waals surface area (Å²) in [6, 6.07) is 4.11. The van der Waals surface area contributed by atoms with Crippen LogP contribution >= 0.6 is 15.9 Å². The van der Waals surface area contributed by atoms with Gasteiger partial charge in [-0.3, -0.25) is 0 Å². The minimum absolute atomic E-state index is 0.201. The Labute approximate surface area is 110 Å². The van der Waals surface area contributed by atoms with E-state index in [-0.39, 0.29) is 11.9 Å². The van der Waals surface area contributed by atoms with Gasteiger partial charge in [-0.05, 0) is 60.3 Å². The number of nitrogens with two attached hydrogens (primary N) is 1. The van der Waals surface area contributed by atoms with Gasteiger partial charge in [0.25, 0.3) is 0 Å². The second-order valence-corrected chi connectivity index (χ2v) is 5.73. The molecule has 94 valence electrons. The number of benzene rings is 1. The fourth-order valence-electron chi connectivity index (χ4n) is 2.51. The van der Waals surface area contributed by atoms with Crippen molar-refractivity contribution in [3.05, 3.63) is 28.0 Å². The standard InChI is InChI=1S/C13H18BrFN2/c1-8-5-11(14)12(15)7-13(8)17-4-3-10(16)6-9(17)2/h5,7,9-10H,3-4,6,16H2,1-2H3. The number of rotatable bonds is 1. The normalized spacial score (nSPS) is 25.1. The van der Waals surface area contributed by atoms with E-state index in [0.29, 0.717) is 10.5 Å². The number of halogens is 2. The Hall–Kier alpha value is -0.610. The average molecular weight is 301 g/mol. The van der Waals surface area contributed by atoms with E-state index in [1.807, 2.05) is 13.0 Å². The van der Waals surface area contributed by atoms with Crippen molar-refractivity contribution in [2.24, 2.45) is 5.73 Å². The molecule has 1 saturated heterocycles. The lowest BCUT2D eigenvalue weighted by Gasteiger charge is -2.39. The summed E-state index contributed by atoms with van der Waals surface area (Å²) in [6.45, 7) is 5.07. The van der Waals surface area contributed by atoms with Gasteiger partial charge in [-0.1, -0.05) is 0 Å². The van der Waals surface area contributed by atoms with Crippen LogP contribution < -0.4 is 10.6 Å². The van der Waals surface area contributed by atoms with Crippen LogP contribution in [0, 0.1) is 12.7 Å². The van der Waals surface area contributed by atoms with E-state index in [1.165, 1.54) is 0 Å². The number of aryl methyl sites for hydroxylation is 1. The fourth-order valence-corrected chi connectivity index (χ4v) is 2.97. The van der Waals surface area contributed by atoms with Gasteiger partial charge in [-0.15, -0.1) is 0 Å². The highest BCUT2D eigenvalue weighted by Crippen LogP contribution is 2.31. The van der Waals surface area contributed by atoms with Gasteiger partial charge in [-0.2, -0.15) is 0 Å². The monoisotopic (exact) mass is 300 g/mol. The molecule has 0 amide bonds. The SMILES string of the molecule is Cc1cc(Br)c(F)cc1N1CCC(N)CC1C. The molecule has 1 fully saturated rings. The van der Waals surface area contributed by atoms with Crippen molar-refractivity contribution in [3.8, 4) is 0 Å². The number of hydrogen-bond acceptors (Lipinski definition) is 2. The molecule has 1 aromatic carbocycles. The summed E-state index contributed by atoms with van der Waals surface area (Å²) in [4.78, 5) is 2.26. The summed E-state index contributed by atoms with van der Waals surface area (Å²) in [5.74, 6) is -0.201. The van der Waals surface area contributed by atoms with Crippen molar-refractivity contribution in [3.63, 3.8) is 0 Å². The maximum atomic E-state index is 13.6. The number of nitrogens with zero attached hydrogens (tertiary/aromatic N) is 1. The Kier molecular flexibility index (Phi) is 3.73. The second kappa shape index (κ2) is 4.94. The molecule has 0 aliphatic carbocycles. The number of piperidine rings is 1. The molecule has 2 atom stereocenters. The number of anilines is 1. The van der Waals surface area contributed by atoms with Gasteiger partial charge in [-0.25, -0.2) is 4.39 Å². The highest BCUT2D eigenvalue weighted by molar-refractivity contribution is 9.10. The molecule has 1 aliphatic heterocycles. The van der Waals surface area contributed by atoms with E-state index in [2.05, 4.69) is 27.8 Å². The molecule has 0 aromatic heterocycles. The van der Waals surface area contributed by atoms with E-state index < -0.39 is 0 Å². The van der Waals surface area contributed by atoms with Crippen molar-refractivity contribution < 1.29 is 4.39 Å². The zero-order chi connectivity index (χ0) is 12.6. The Bertz CT molecular complexity index is 422. The minimum Gasteiger partial charge on any atom is -0.368 e. The van der Waals surface area contributed by atoms with Crippen LogP contribution in [0.4, 0.5) is 10.1 Å². The number of hydrogen-bond donors (Lipinski definition) is 1. The average Bonchev–Trinajstić information content (AvgIpc) is 2.24. The highest BCUT2D eigenvalue weighted by atomic mass is 79.9. The molecule has 2 rings (SSSR count). The molecule has 1 aromatic rings.